The van der Waals surface area contributed by atoms with E-state index in [2.05, 4.69) is 41.6 Å². The van der Waals surface area contributed by atoms with E-state index in [0.717, 1.165) is 19.4 Å². The SMILES string of the molecule is CCCNc1ncccc1C(=O)NCc1ccc(CC)s1. The first-order valence-corrected chi connectivity index (χ1v) is 8.11. The highest BCUT2D eigenvalue weighted by atomic mass is 32.1. The Labute approximate surface area is 129 Å². The Kier molecular flexibility index (Phi) is 5.75. The molecule has 2 heterocycles. The maximum absolute atomic E-state index is 12.3. The van der Waals surface area contributed by atoms with E-state index in [4.69, 9.17) is 0 Å². The number of hydrogen-bond acceptors (Lipinski definition) is 4. The van der Waals surface area contributed by atoms with Crippen LogP contribution in [0.5, 0.6) is 0 Å². The molecule has 0 aromatic carbocycles. The maximum Gasteiger partial charge on any atom is 0.255 e. The Hall–Kier alpha value is -1.88. The lowest BCUT2D eigenvalue weighted by molar-refractivity contribution is 0.0952. The van der Waals surface area contributed by atoms with Crippen molar-refractivity contribution in [2.24, 2.45) is 0 Å². The van der Waals surface area contributed by atoms with Gasteiger partial charge in [0.2, 0.25) is 0 Å². The fraction of sp³-hybridized carbons (Fsp3) is 0.375. The molecule has 0 aliphatic rings. The number of pyridine rings is 1. The highest BCUT2D eigenvalue weighted by Gasteiger charge is 2.11. The fourth-order valence-corrected chi connectivity index (χ4v) is 2.84. The lowest BCUT2D eigenvalue weighted by Gasteiger charge is -2.10. The van der Waals surface area contributed by atoms with E-state index in [0.29, 0.717) is 17.9 Å². The second-order valence-corrected chi connectivity index (χ2v) is 5.98. The third-order valence-electron chi connectivity index (χ3n) is 3.08. The van der Waals surface area contributed by atoms with Crippen molar-refractivity contribution in [2.45, 2.75) is 33.2 Å². The van der Waals surface area contributed by atoms with Crippen LogP contribution in [0.3, 0.4) is 0 Å². The molecule has 0 aliphatic heterocycles. The van der Waals surface area contributed by atoms with Gasteiger partial charge in [-0.3, -0.25) is 4.79 Å². The summed E-state index contributed by atoms with van der Waals surface area (Å²) >= 11 is 1.74. The Balaban J connectivity index is 1.99. The Morgan fingerprint density at radius 2 is 2.05 bits per heavy atom. The van der Waals surface area contributed by atoms with Crippen LogP contribution in [0, 0.1) is 0 Å². The molecule has 2 rings (SSSR count). The number of carbonyl (C=O) groups is 1. The largest absolute Gasteiger partial charge is 0.369 e. The first-order chi connectivity index (χ1) is 10.2. The van der Waals surface area contributed by atoms with Crippen LogP contribution < -0.4 is 10.6 Å². The van der Waals surface area contributed by atoms with Gasteiger partial charge in [0.15, 0.2) is 0 Å². The van der Waals surface area contributed by atoms with Gasteiger partial charge in [-0.1, -0.05) is 13.8 Å². The minimum atomic E-state index is -0.0897. The van der Waals surface area contributed by atoms with E-state index < -0.39 is 0 Å². The molecular weight excluding hydrogens is 282 g/mol. The molecule has 112 valence electrons. The summed E-state index contributed by atoms with van der Waals surface area (Å²) in [5, 5.41) is 6.15. The molecule has 1 amide bonds. The number of thiophene rings is 1. The maximum atomic E-state index is 12.3. The molecule has 4 nitrogen and oxygen atoms in total. The lowest BCUT2D eigenvalue weighted by Crippen LogP contribution is -2.24. The molecular formula is C16H21N3OS. The van der Waals surface area contributed by atoms with Gasteiger partial charge in [-0.05, 0) is 37.1 Å². The summed E-state index contributed by atoms with van der Waals surface area (Å²) in [6, 6.07) is 7.77. The standard InChI is InChI=1S/C16H21N3OS/c1-3-9-17-15-14(6-5-10-18-15)16(20)19-11-13-8-7-12(4-2)21-13/h5-8,10H,3-4,9,11H2,1-2H3,(H,17,18)(H,19,20). The number of nitrogens with one attached hydrogen (secondary N) is 2. The number of carbonyl (C=O) groups excluding carboxylic acids is 1. The van der Waals surface area contributed by atoms with Gasteiger partial charge < -0.3 is 10.6 Å². The van der Waals surface area contributed by atoms with Crippen molar-refractivity contribution in [2.75, 3.05) is 11.9 Å². The van der Waals surface area contributed by atoms with Crippen molar-refractivity contribution in [1.82, 2.24) is 10.3 Å². The van der Waals surface area contributed by atoms with Crippen LogP contribution in [0.15, 0.2) is 30.5 Å². The van der Waals surface area contributed by atoms with Crippen LogP contribution >= 0.6 is 11.3 Å². The topological polar surface area (TPSA) is 54.0 Å². The minimum absolute atomic E-state index is 0.0897. The summed E-state index contributed by atoms with van der Waals surface area (Å²) in [5.41, 5.74) is 0.596. The van der Waals surface area contributed by atoms with Crippen LogP contribution in [-0.4, -0.2) is 17.4 Å². The monoisotopic (exact) mass is 303 g/mol. The summed E-state index contributed by atoms with van der Waals surface area (Å²) in [4.78, 5) is 19.0. The Morgan fingerprint density at radius 1 is 1.24 bits per heavy atom. The molecule has 0 atom stereocenters. The molecule has 0 aliphatic carbocycles. The van der Waals surface area contributed by atoms with Gasteiger partial charge in [0.25, 0.3) is 5.91 Å². The highest BCUT2D eigenvalue weighted by molar-refractivity contribution is 7.11. The first kappa shape index (κ1) is 15.5. The fourth-order valence-electron chi connectivity index (χ4n) is 1.94. The molecule has 2 N–H and O–H groups in total. The zero-order valence-electron chi connectivity index (χ0n) is 12.5. The highest BCUT2D eigenvalue weighted by Crippen LogP contribution is 2.17. The van der Waals surface area contributed by atoms with Crippen LogP contribution in [0.25, 0.3) is 0 Å². The van der Waals surface area contributed by atoms with E-state index in [-0.39, 0.29) is 5.91 Å². The molecule has 0 fully saturated rings. The molecule has 0 radical (unpaired) electrons. The van der Waals surface area contributed by atoms with Crippen LogP contribution in [0.1, 0.15) is 40.4 Å². The molecule has 0 unspecified atom stereocenters. The van der Waals surface area contributed by atoms with E-state index in [1.807, 2.05) is 0 Å². The first-order valence-electron chi connectivity index (χ1n) is 7.29. The second kappa shape index (κ2) is 7.78. The normalized spacial score (nSPS) is 10.4. The smallest absolute Gasteiger partial charge is 0.255 e. The second-order valence-electron chi connectivity index (χ2n) is 4.73. The van der Waals surface area contributed by atoms with Crippen molar-refractivity contribution in [3.63, 3.8) is 0 Å². The average molecular weight is 303 g/mol. The number of amides is 1. The zero-order valence-corrected chi connectivity index (χ0v) is 13.3. The van der Waals surface area contributed by atoms with E-state index in [1.165, 1.54) is 9.75 Å². The van der Waals surface area contributed by atoms with Gasteiger partial charge in [-0.15, -0.1) is 11.3 Å². The van der Waals surface area contributed by atoms with Crippen LogP contribution in [0.2, 0.25) is 0 Å². The molecule has 0 bridgehead atoms. The number of hydrogen-bond donors (Lipinski definition) is 2. The Bertz CT molecular complexity index is 595. The van der Waals surface area contributed by atoms with Gasteiger partial charge >= 0.3 is 0 Å². The number of rotatable bonds is 7. The number of aromatic nitrogens is 1. The third-order valence-corrected chi connectivity index (χ3v) is 4.31. The Morgan fingerprint density at radius 3 is 2.76 bits per heavy atom. The van der Waals surface area contributed by atoms with Gasteiger partial charge in [-0.25, -0.2) is 4.98 Å². The van der Waals surface area contributed by atoms with Crippen LogP contribution in [0.4, 0.5) is 5.82 Å². The number of aryl methyl sites for hydroxylation is 1. The van der Waals surface area contributed by atoms with Gasteiger partial charge in [-0.2, -0.15) is 0 Å². The summed E-state index contributed by atoms with van der Waals surface area (Å²) in [5.74, 6) is 0.561. The third kappa shape index (κ3) is 4.29. The van der Waals surface area contributed by atoms with Crippen molar-refractivity contribution in [3.8, 4) is 0 Å². The minimum Gasteiger partial charge on any atom is -0.369 e. The lowest BCUT2D eigenvalue weighted by atomic mass is 10.2. The average Bonchev–Trinajstić information content (AvgIpc) is 2.99. The van der Waals surface area contributed by atoms with Gasteiger partial charge in [0, 0.05) is 22.5 Å². The molecule has 21 heavy (non-hydrogen) atoms. The van der Waals surface area contributed by atoms with Gasteiger partial charge in [0.05, 0.1) is 12.1 Å². The van der Waals surface area contributed by atoms with Crippen molar-refractivity contribution < 1.29 is 4.79 Å². The molecule has 2 aromatic rings. The summed E-state index contributed by atoms with van der Waals surface area (Å²) in [7, 11) is 0. The number of anilines is 1. The number of nitrogens with zero attached hydrogens (tertiary/aromatic N) is 1. The van der Waals surface area contributed by atoms with E-state index in [1.54, 1.807) is 29.7 Å². The summed E-state index contributed by atoms with van der Waals surface area (Å²) in [6.07, 6.45) is 3.72. The van der Waals surface area contributed by atoms with Crippen LogP contribution in [-0.2, 0) is 13.0 Å². The quantitative estimate of drug-likeness (QED) is 0.823. The van der Waals surface area contributed by atoms with Crippen molar-refractivity contribution in [3.05, 3.63) is 45.8 Å². The molecule has 0 saturated heterocycles. The molecule has 5 heteroatoms. The van der Waals surface area contributed by atoms with Gasteiger partial charge in [0.1, 0.15) is 5.82 Å². The summed E-state index contributed by atoms with van der Waals surface area (Å²) < 4.78 is 0. The van der Waals surface area contributed by atoms with E-state index >= 15 is 0 Å². The molecule has 0 spiro atoms. The van der Waals surface area contributed by atoms with E-state index in [9.17, 15) is 4.79 Å². The van der Waals surface area contributed by atoms with Crippen molar-refractivity contribution >= 4 is 23.1 Å². The molecule has 0 saturated carbocycles. The zero-order chi connectivity index (χ0) is 15.1. The van der Waals surface area contributed by atoms with Crippen molar-refractivity contribution in [1.29, 1.82) is 0 Å². The predicted octanol–water partition coefficient (Wildman–Crippen LogP) is 3.46. The summed E-state index contributed by atoms with van der Waals surface area (Å²) in [6.45, 7) is 5.58. The predicted molar refractivity (Wildman–Crippen MR) is 87.9 cm³/mol. The molecule has 2 aromatic heterocycles.